The van der Waals surface area contributed by atoms with Crippen LogP contribution in [0.1, 0.15) is 32.4 Å². The van der Waals surface area contributed by atoms with Gasteiger partial charge in [0.1, 0.15) is 5.60 Å². The number of rotatable bonds is 3. The number of fused-ring (bicyclic) bond motifs is 1. The van der Waals surface area contributed by atoms with Crippen molar-refractivity contribution in [1.82, 2.24) is 14.4 Å². The van der Waals surface area contributed by atoms with Crippen LogP contribution in [0.4, 0.5) is 4.79 Å². The van der Waals surface area contributed by atoms with Gasteiger partial charge in [-0.15, -0.1) is 0 Å². The van der Waals surface area contributed by atoms with Crippen LogP contribution in [0, 0.1) is 6.92 Å². The van der Waals surface area contributed by atoms with Gasteiger partial charge in [0.25, 0.3) is 0 Å². The zero-order valence-electron chi connectivity index (χ0n) is 18.8. The maximum atomic E-state index is 12.2. The Morgan fingerprint density at radius 3 is 2.48 bits per heavy atom. The monoisotopic (exact) mass is 493 g/mol. The van der Waals surface area contributed by atoms with E-state index in [9.17, 15) is 4.79 Å². The summed E-state index contributed by atoms with van der Waals surface area (Å²) < 4.78 is 21.0. The smallest absolute Gasteiger partial charge is 0.410 e. The number of amides is 1. The third kappa shape index (κ3) is 5.42. The fourth-order valence-electron chi connectivity index (χ4n) is 4.15. The van der Waals surface area contributed by atoms with Gasteiger partial charge >= 0.3 is 6.09 Å². The van der Waals surface area contributed by atoms with Crippen LogP contribution >= 0.6 is 15.9 Å². The molecule has 2 saturated heterocycles. The minimum absolute atomic E-state index is 0.164. The van der Waals surface area contributed by atoms with Gasteiger partial charge in [-0.2, -0.15) is 0 Å². The topological polar surface area (TPSA) is 56.2 Å². The van der Waals surface area contributed by atoms with Crippen molar-refractivity contribution in [1.29, 1.82) is 0 Å². The van der Waals surface area contributed by atoms with Crippen LogP contribution in [-0.2, 0) is 14.2 Å². The molecule has 31 heavy (non-hydrogen) atoms. The van der Waals surface area contributed by atoms with Crippen molar-refractivity contribution >= 4 is 32.9 Å². The molecule has 2 aliphatic heterocycles. The van der Waals surface area contributed by atoms with Crippen LogP contribution < -0.4 is 0 Å². The Morgan fingerprint density at radius 1 is 1.16 bits per heavy atom. The number of aromatic nitrogens is 1. The van der Waals surface area contributed by atoms with Crippen LogP contribution in [-0.4, -0.2) is 78.3 Å². The van der Waals surface area contributed by atoms with Gasteiger partial charge in [0, 0.05) is 54.3 Å². The molecular formula is C23H32BrN3O4. The number of nitrogens with zero attached hydrogens (tertiary/aromatic N) is 3. The van der Waals surface area contributed by atoms with E-state index < -0.39 is 5.60 Å². The van der Waals surface area contributed by atoms with Crippen molar-refractivity contribution in [2.75, 3.05) is 45.9 Å². The molecule has 0 radical (unpaired) electrons. The molecule has 0 spiro atoms. The number of carbonyl (C=O) groups excluding carboxylic acids is 1. The molecule has 4 rings (SSSR count). The first-order chi connectivity index (χ1) is 14.7. The van der Waals surface area contributed by atoms with Gasteiger partial charge < -0.3 is 23.7 Å². The highest BCUT2D eigenvalue weighted by atomic mass is 79.9. The maximum Gasteiger partial charge on any atom is 0.410 e. The molecule has 8 heteroatoms. The number of benzene rings is 1. The molecule has 0 bridgehead atoms. The van der Waals surface area contributed by atoms with E-state index in [1.165, 1.54) is 16.5 Å². The van der Waals surface area contributed by atoms with E-state index in [0.717, 1.165) is 17.6 Å². The van der Waals surface area contributed by atoms with Crippen molar-refractivity contribution < 1.29 is 19.0 Å². The molecule has 1 aromatic heterocycles. The quantitative estimate of drug-likeness (QED) is 0.641. The number of piperazine rings is 1. The number of hydrogen-bond donors (Lipinski definition) is 0. The van der Waals surface area contributed by atoms with E-state index >= 15 is 0 Å². The Labute approximate surface area is 192 Å². The SMILES string of the molecule is Cc1cn(C2COC(CN3CCN(C(=O)OC(C)(C)C)CC3)OC2)c2ccc(Br)cc12. The molecule has 0 aliphatic carbocycles. The van der Waals surface area contributed by atoms with Gasteiger partial charge in [-0.05, 0) is 51.5 Å². The lowest BCUT2D eigenvalue weighted by molar-refractivity contribution is -0.204. The molecular weight excluding hydrogens is 462 g/mol. The minimum atomic E-state index is -0.464. The minimum Gasteiger partial charge on any atom is -0.444 e. The molecule has 0 atom stereocenters. The highest BCUT2D eigenvalue weighted by Crippen LogP contribution is 2.29. The molecule has 0 N–H and O–H groups in total. The molecule has 0 unspecified atom stereocenters. The highest BCUT2D eigenvalue weighted by Gasteiger charge is 2.30. The largest absolute Gasteiger partial charge is 0.444 e. The number of hydrogen-bond acceptors (Lipinski definition) is 5. The lowest BCUT2D eigenvalue weighted by Gasteiger charge is -2.38. The first kappa shape index (κ1) is 22.6. The van der Waals surface area contributed by atoms with Crippen molar-refractivity contribution in [2.24, 2.45) is 0 Å². The molecule has 3 heterocycles. The Hall–Kier alpha value is -1.61. The zero-order valence-corrected chi connectivity index (χ0v) is 20.4. The first-order valence-corrected chi connectivity index (χ1v) is 11.7. The predicted molar refractivity (Wildman–Crippen MR) is 123 cm³/mol. The predicted octanol–water partition coefficient (Wildman–Crippen LogP) is 4.18. The van der Waals surface area contributed by atoms with Crippen molar-refractivity contribution in [3.63, 3.8) is 0 Å². The van der Waals surface area contributed by atoms with E-state index in [1.807, 2.05) is 20.8 Å². The number of ether oxygens (including phenoxy) is 3. The van der Waals surface area contributed by atoms with Gasteiger partial charge in [0.15, 0.2) is 6.29 Å². The summed E-state index contributed by atoms with van der Waals surface area (Å²) in [6.45, 7) is 12.7. The lowest BCUT2D eigenvalue weighted by Crippen LogP contribution is -2.52. The van der Waals surface area contributed by atoms with E-state index in [2.05, 4.69) is 56.7 Å². The van der Waals surface area contributed by atoms with Gasteiger partial charge in [-0.3, -0.25) is 4.90 Å². The lowest BCUT2D eigenvalue weighted by atomic mass is 10.2. The average Bonchev–Trinajstić information content (AvgIpc) is 3.04. The molecule has 7 nitrogen and oxygen atoms in total. The second-order valence-corrected chi connectivity index (χ2v) is 10.3. The third-order valence-corrected chi connectivity index (χ3v) is 6.26. The molecule has 1 amide bonds. The van der Waals surface area contributed by atoms with Crippen molar-refractivity contribution in [2.45, 2.75) is 45.6 Å². The molecule has 1 aromatic carbocycles. The van der Waals surface area contributed by atoms with Crippen molar-refractivity contribution in [3.05, 3.63) is 34.4 Å². The van der Waals surface area contributed by atoms with Crippen LogP contribution in [0.5, 0.6) is 0 Å². The summed E-state index contributed by atoms with van der Waals surface area (Å²) in [5.41, 5.74) is 1.99. The molecule has 170 valence electrons. The maximum absolute atomic E-state index is 12.2. The average molecular weight is 494 g/mol. The first-order valence-electron chi connectivity index (χ1n) is 10.9. The number of carbonyl (C=O) groups is 1. The fourth-order valence-corrected chi connectivity index (χ4v) is 4.51. The van der Waals surface area contributed by atoms with E-state index in [1.54, 1.807) is 4.90 Å². The fraction of sp³-hybridized carbons (Fsp3) is 0.609. The molecule has 2 aromatic rings. The van der Waals surface area contributed by atoms with Gasteiger partial charge in [-0.25, -0.2) is 4.79 Å². The van der Waals surface area contributed by atoms with Crippen LogP contribution in [0.3, 0.4) is 0 Å². The summed E-state index contributed by atoms with van der Waals surface area (Å²) in [4.78, 5) is 16.3. The van der Waals surface area contributed by atoms with Crippen LogP contribution in [0.15, 0.2) is 28.9 Å². The second kappa shape index (κ2) is 9.10. The number of halogens is 1. The summed E-state index contributed by atoms with van der Waals surface area (Å²) in [5, 5.41) is 1.25. The summed E-state index contributed by atoms with van der Waals surface area (Å²) in [6.07, 6.45) is 1.72. The summed E-state index contributed by atoms with van der Waals surface area (Å²) in [5.74, 6) is 0. The van der Waals surface area contributed by atoms with Gasteiger partial charge in [0.2, 0.25) is 0 Å². The number of aryl methyl sites for hydroxylation is 1. The van der Waals surface area contributed by atoms with Crippen molar-refractivity contribution in [3.8, 4) is 0 Å². The van der Waals surface area contributed by atoms with Gasteiger partial charge in [-0.1, -0.05) is 15.9 Å². The Bertz CT molecular complexity index is 923. The van der Waals surface area contributed by atoms with E-state index in [0.29, 0.717) is 32.8 Å². The summed E-state index contributed by atoms with van der Waals surface area (Å²) >= 11 is 3.56. The zero-order chi connectivity index (χ0) is 22.2. The Kier molecular flexibility index (Phi) is 6.62. The summed E-state index contributed by atoms with van der Waals surface area (Å²) in [6, 6.07) is 6.54. The highest BCUT2D eigenvalue weighted by molar-refractivity contribution is 9.10. The van der Waals surface area contributed by atoms with E-state index in [-0.39, 0.29) is 18.4 Å². The molecule has 2 fully saturated rings. The Balaban J connectivity index is 1.27. The van der Waals surface area contributed by atoms with E-state index in [4.69, 9.17) is 14.2 Å². The normalized spacial score (nSPS) is 23.3. The summed E-state index contributed by atoms with van der Waals surface area (Å²) in [7, 11) is 0. The second-order valence-electron chi connectivity index (χ2n) is 9.40. The van der Waals surface area contributed by atoms with Gasteiger partial charge in [0.05, 0.1) is 19.3 Å². The Morgan fingerprint density at radius 2 is 1.84 bits per heavy atom. The third-order valence-electron chi connectivity index (χ3n) is 5.77. The molecule has 2 aliphatic rings. The van der Waals surface area contributed by atoms with Crippen LogP contribution in [0.25, 0.3) is 10.9 Å². The molecule has 0 saturated carbocycles. The standard InChI is InChI=1S/C23H32BrN3O4/c1-16-12-27(20-6-5-17(24)11-19(16)20)18-14-29-21(30-15-18)13-25-7-9-26(10-8-25)22(28)31-23(2,3)4/h5-6,11-12,18,21H,7-10,13-15H2,1-4H3. The van der Waals surface area contributed by atoms with Crippen LogP contribution in [0.2, 0.25) is 0 Å².